The highest BCUT2D eigenvalue weighted by molar-refractivity contribution is 7.89. The van der Waals surface area contributed by atoms with Gasteiger partial charge in [0.1, 0.15) is 0 Å². The van der Waals surface area contributed by atoms with Crippen LogP contribution < -0.4 is 5.14 Å². The molecule has 15 heavy (non-hydrogen) atoms. The van der Waals surface area contributed by atoms with E-state index in [4.69, 9.17) is 10.2 Å². The summed E-state index contributed by atoms with van der Waals surface area (Å²) in [6, 6.07) is 0. The molecule has 3 N–H and O–H groups in total. The van der Waals surface area contributed by atoms with Crippen molar-refractivity contribution in [1.82, 2.24) is 4.90 Å². The summed E-state index contributed by atoms with van der Waals surface area (Å²) in [5, 5.41) is 13.5. The van der Waals surface area contributed by atoms with Crippen molar-refractivity contribution in [2.75, 3.05) is 25.4 Å². The number of amides is 1. The van der Waals surface area contributed by atoms with Gasteiger partial charge in [-0.25, -0.2) is 13.6 Å². The Kier molecular flexibility index (Phi) is 4.06. The Morgan fingerprint density at radius 3 is 2.73 bits per heavy atom. The molecule has 1 rings (SSSR count). The van der Waals surface area contributed by atoms with E-state index in [1.165, 1.54) is 0 Å². The molecule has 7 heteroatoms. The van der Waals surface area contributed by atoms with Crippen LogP contribution in [0.5, 0.6) is 0 Å². The molecule has 1 aliphatic heterocycles. The fraction of sp³-hybridized carbons (Fsp3) is 0.875. The van der Waals surface area contributed by atoms with Crippen LogP contribution in [0.25, 0.3) is 0 Å². The Labute approximate surface area is 89.1 Å². The average Bonchev–Trinajstić information content (AvgIpc) is 2.39. The maximum absolute atomic E-state index is 11.4. The number of sulfonamides is 1. The molecule has 0 spiro atoms. The molecule has 1 amide bonds. The Morgan fingerprint density at radius 2 is 2.20 bits per heavy atom. The lowest BCUT2D eigenvalue weighted by Gasteiger charge is -2.15. The van der Waals surface area contributed by atoms with Crippen LogP contribution in [0.3, 0.4) is 0 Å². The summed E-state index contributed by atoms with van der Waals surface area (Å²) in [4.78, 5) is 13.0. The largest absolute Gasteiger partial charge is 0.396 e. The Balaban J connectivity index is 2.45. The molecule has 1 atom stereocenters. The smallest absolute Gasteiger partial charge is 0.222 e. The number of nitrogens with zero attached hydrogens (tertiary/aromatic N) is 1. The molecule has 0 aromatic heterocycles. The zero-order chi connectivity index (χ0) is 11.5. The lowest BCUT2D eigenvalue weighted by molar-refractivity contribution is -0.127. The van der Waals surface area contributed by atoms with E-state index >= 15 is 0 Å². The van der Waals surface area contributed by atoms with Crippen LogP contribution in [-0.4, -0.2) is 49.8 Å². The maximum atomic E-state index is 11.4. The van der Waals surface area contributed by atoms with Crippen LogP contribution in [0, 0.1) is 5.92 Å². The highest BCUT2D eigenvalue weighted by Gasteiger charge is 2.31. The first-order valence-corrected chi connectivity index (χ1v) is 6.53. The summed E-state index contributed by atoms with van der Waals surface area (Å²) in [5.41, 5.74) is 0. The van der Waals surface area contributed by atoms with Crippen LogP contribution in [0.15, 0.2) is 0 Å². The summed E-state index contributed by atoms with van der Waals surface area (Å²) in [6.45, 7) is 0.940. The van der Waals surface area contributed by atoms with Gasteiger partial charge in [-0.3, -0.25) is 4.79 Å². The number of hydrogen-bond acceptors (Lipinski definition) is 4. The third-order valence-electron chi connectivity index (χ3n) is 2.35. The molecule has 1 saturated heterocycles. The fourth-order valence-electron chi connectivity index (χ4n) is 1.77. The highest BCUT2D eigenvalue weighted by Crippen LogP contribution is 2.18. The monoisotopic (exact) mass is 236 g/mol. The first kappa shape index (κ1) is 12.4. The van der Waals surface area contributed by atoms with E-state index in [-0.39, 0.29) is 30.6 Å². The highest BCUT2D eigenvalue weighted by atomic mass is 32.2. The molecule has 0 bridgehead atoms. The molecule has 0 radical (unpaired) electrons. The van der Waals surface area contributed by atoms with Gasteiger partial charge in [-0.05, 0) is 6.42 Å². The lowest BCUT2D eigenvalue weighted by atomic mass is 10.1. The molecule has 1 fully saturated rings. The number of carbonyl (C=O) groups excluding carboxylic acids is 1. The summed E-state index contributed by atoms with van der Waals surface area (Å²) in [7, 11) is -3.50. The van der Waals surface area contributed by atoms with Gasteiger partial charge >= 0.3 is 0 Å². The van der Waals surface area contributed by atoms with Crippen molar-refractivity contribution in [2.24, 2.45) is 11.1 Å². The number of primary sulfonamides is 1. The minimum Gasteiger partial charge on any atom is -0.396 e. The Bertz CT molecular complexity index is 328. The fourth-order valence-corrected chi connectivity index (χ4v) is 2.65. The van der Waals surface area contributed by atoms with Gasteiger partial charge in [-0.2, -0.15) is 0 Å². The third kappa shape index (κ3) is 4.15. The maximum Gasteiger partial charge on any atom is 0.222 e. The zero-order valence-corrected chi connectivity index (χ0v) is 9.24. The molecular weight excluding hydrogens is 220 g/mol. The van der Waals surface area contributed by atoms with Crippen molar-refractivity contribution in [3.63, 3.8) is 0 Å². The van der Waals surface area contributed by atoms with Gasteiger partial charge in [0.2, 0.25) is 15.9 Å². The van der Waals surface area contributed by atoms with Crippen molar-refractivity contribution in [2.45, 2.75) is 12.8 Å². The van der Waals surface area contributed by atoms with Crippen LogP contribution >= 0.6 is 0 Å². The van der Waals surface area contributed by atoms with Crippen molar-refractivity contribution in [1.29, 1.82) is 0 Å². The number of nitrogens with two attached hydrogens (primary N) is 1. The summed E-state index contributed by atoms with van der Waals surface area (Å²) < 4.78 is 21.6. The van der Waals surface area contributed by atoms with Gasteiger partial charge in [-0.1, -0.05) is 0 Å². The lowest BCUT2D eigenvalue weighted by Crippen LogP contribution is -2.28. The van der Waals surface area contributed by atoms with Crippen molar-refractivity contribution >= 4 is 15.9 Å². The quantitative estimate of drug-likeness (QED) is 0.607. The molecular formula is C8H16N2O4S. The van der Waals surface area contributed by atoms with E-state index in [2.05, 4.69) is 0 Å². The van der Waals surface area contributed by atoms with Crippen LogP contribution in [-0.2, 0) is 14.8 Å². The van der Waals surface area contributed by atoms with Gasteiger partial charge < -0.3 is 10.0 Å². The van der Waals surface area contributed by atoms with Crippen LogP contribution in [0.4, 0.5) is 0 Å². The Hall–Kier alpha value is -0.660. The molecule has 0 aromatic carbocycles. The second kappa shape index (κ2) is 4.91. The van der Waals surface area contributed by atoms with E-state index in [0.717, 1.165) is 0 Å². The van der Waals surface area contributed by atoms with Gasteiger partial charge in [0, 0.05) is 32.0 Å². The number of aliphatic hydroxyl groups excluding tert-OH is 1. The molecule has 1 heterocycles. The van der Waals surface area contributed by atoms with E-state index in [1.807, 2.05) is 0 Å². The second-order valence-electron chi connectivity index (χ2n) is 3.82. The van der Waals surface area contributed by atoms with E-state index in [0.29, 0.717) is 19.5 Å². The average molecular weight is 236 g/mol. The molecule has 1 aliphatic rings. The number of rotatable bonds is 5. The van der Waals surface area contributed by atoms with Crippen LogP contribution in [0.2, 0.25) is 0 Å². The van der Waals surface area contributed by atoms with Gasteiger partial charge in [0.05, 0.1) is 5.75 Å². The first-order valence-electron chi connectivity index (χ1n) is 4.81. The first-order chi connectivity index (χ1) is 6.92. The third-order valence-corrected chi connectivity index (χ3v) is 3.28. The summed E-state index contributed by atoms with van der Waals surface area (Å²) in [6.07, 6.45) is 0.760. The Morgan fingerprint density at radius 1 is 1.53 bits per heavy atom. The van der Waals surface area contributed by atoms with Crippen molar-refractivity contribution < 1.29 is 18.3 Å². The summed E-state index contributed by atoms with van der Waals surface area (Å²) in [5.74, 6) is -0.405. The molecule has 88 valence electrons. The molecule has 6 nitrogen and oxygen atoms in total. The standard InChI is InChI=1S/C8H16N2O4S/c9-15(13,14)6-7-4-8(12)10(5-7)2-1-3-11/h7,11H,1-6H2,(H2,9,13,14). The number of likely N-dealkylation sites (tertiary alicyclic amines) is 1. The predicted molar refractivity (Wildman–Crippen MR) is 54.4 cm³/mol. The normalized spacial score (nSPS) is 22.4. The van der Waals surface area contributed by atoms with Gasteiger partial charge in [0.25, 0.3) is 0 Å². The van der Waals surface area contributed by atoms with Crippen LogP contribution in [0.1, 0.15) is 12.8 Å². The zero-order valence-electron chi connectivity index (χ0n) is 8.42. The summed E-state index contributed by atoms with van der Waals surface area (Å²) >= 11 is 0. The molecule has 0 aromatic rings. The van der Waals surface area contributed by atoms with Crippen molar-refractivity contribution in [3.05, 3.63) is 0 Å². The topological polar surface area (TPSA) is 101 Å². The van der Waals surface area contributed by atoms with E-state index in [1.54, 1.807) is 4.90 Å². The predicted octanol–water partition coefficient (Wildman–Crippen LogP) is -1.49. The van der Waals surface area contributed by atoms with E-state index in [9.17, 15) is 13.2 Å². The minimum absolute atomic E-state index is 0.0314. The number of aliphatic hydroxyl groups is 1. The van der Waals surface area contributed by atoms with Gasteiger partial charge in [-0.15, -0.1) is 0 Å². The van der Waals surface area contributed by atoms with Gasteiger partial charge in [0.15, 0.2) is 0 Å². The second-order valence-corrected chi connectivity index (χ2v) is 5.48. The van der Waals surface area contributed by atoms with Crippen molar-refractivity contribution in [3.8, 4) is 0 Å². The number of hydrogen-bond donors (Lipinski definition) is 2. The number of carbonyl (C=O) groups is 1. The molecule has 0 aliphatic carbocycles. The van der Waals surface area contributed by atoms with E-state index < -0.39 is 10.0 Å². The SMILES string of the molecule is NS(=O)(=O)CC1CC(=O)N(CCCO)C1. The minimum atomic E-state index is -3.50. The molecule has 0 saturated carbocycles. The molecule has 1 unspecified atom stereocenters.